The van der Waals surface area contributed by atoms with Crippen molar-refractivity contribution in [3.8, 4) is 0 Å². The molecule has 0 radical (unpaired) electrons. The van der Waals surface area contributed by atoms with Gasteiger partial charge in [0.25, 0.3) is 17.7 Å². The number of carbonyl (C=O) groups excluding carboxylic acids is 3. The molecule has 0 bridgehead atoms. The van der Waals surface area contributed by atoms with Gasteiger partial charge in [0, 0.05) is 24.4 Å². The van der Waals surface area contributed by atoms with Crippen LogP contribution in [0.25, 0.3) is 0 Å². The molecule has 4 heterocycles. The fourth-order valence-electron chi connectivity index (χ4n) is 3.79. The molecule has 11 heteroatoms. The summed E-state index contributed by atoms with van der Waals surface area (Å²) in [7, 11) is 0. The number of primary amides is 1. The number of thiophene rings is 1. The highest BCUT2D eigenvalue weighted by Gasteiger charge is 2.29. The lowest BCUT2D eigenvalue weighted by molar-refractivity contribution is 0.0716. The molecule has 0 atom stereocenters. The molecule has 1 aliphatic rings. The summed E-state index contributed by atoms with van der Waals surface area (Å²) in [5.41, 5.74) is 7.61. The van der Waals surface area contributed by atoms with Crippen molar-refractivity contribution >= 4 is 56.7 Å². The van der Waals surface area contributed by atoms with Crippen LogP contribution in [0.3, 0.4) is 0 Å². The van der Waals surface area contributed by atoms with Crippen LogP contribution in [-0.2, 0) is 0 Å². The van der Waals surface area contributed by atoms with E-state index in [2.05, 4.69) is 15.3 Å². The topological polar surface area (TPSA) is 118 Å². The minimum atomic E-state index is -0.567. The number of rotatable bonds is 5. The van der Waals surface area contributed by atoms with E-state index < -0.39 is 5.91 Å². The van der Waals surface area contributed by atoms with Crippen LogP contribution >= 0.6 is 34.0 Å². The van der Waals surface area contributed by atoms with Gasteiger partial charge in [-0.25, -0.2) is 9.97 Å². The molecule has 3 amide bonds. The summed E-state index contributed by atoms with van der Waals surface area (Å²) in [5.74, 6) is -0.675. The first-order chi connectivity index (χ1) is 15.2. The molecule has 0 saturated carbocycles. The summed E-state index contributed by atoms with van der Waals surface area (Å²) < 4.78 is 0. The molecule has 3 aromatic heterocycles. The third-order valence-corrected chi connectivity index (χ3v) is 8.51. The van der Waals surface area contributed by atoms with E-state index >= 15 is 0 Å². The molecule has 0 aromatic carbocycles. The van der Waals surface area contributed by atoms with Gasteiger partial charge in [0.1, 0.15) is 15.6 Å². The van der Waals surface area contributed by atoms with Gasteiger partial charge in [0.2, 0.25) is 0 Å². The van der Waals surface area contributed by atoms with Gasteiger partial charge in [-0.2, -0.15) is 0 Å². The van der Waals surface area contributed by atoms with Crippen LogP contribution in [0.4, 0.5) is 5.00 Å². The number of anilines is 1. The van der Waals surface area contributed by atoms with Crippen LogP contribution in [0.5, 0.6) is 0 Å². The zero-order chi connectivity index (χ0) is 23.0. The van der Waals surface area contributed by atoms with E-state index in [1.54, 1.807) is 17.7 Å². The smallest absolute Gasteiger partial charge is 0.275 e. The normalized spacial score (nSPS) is 14.5. The summed E-state index contributed by atoms with van der Waals surface area (Å²) >= 11 is 4.16. The first-order valence-electron chi connectivity index (χ1n) is 10.1. The zero-order valence-electron chi connectivity index (χ0n) is 17.9. The number of amides is 3. The molecule has 3 N–H and O–H groups in total. The van der Waals surface area contributed by atoms with Gasteiger partial charge >= 0.3 is 0 Å². The first-order valence-corrected chi connectivity index (χ1v) is 12.7. The summed E-state index contributed by atoms with van der Waals surface area (Å²) in [6.45, 7) is 6.86. The lowest BCUT2D eigenvalue weighted by Crippen LogP contribution is -2.37. The molecule has 1 saturated heterocycles. The Morgan fingerprint density at radius 3 is 2.44 bits per heavy atom. The third kappa shape index (κ3) is 4.45. The van der Waals surface area contributed by atoms with Crippen LogP contribution in [-0.4, -0.2) is 45.7 Å². The minimum absolute atomic E-state index is 0.0438. The Balaban J connectivity index is 1.38. The van der Waals surface area contributed by atoms with Gasteiger partial charge in [-0.15, -0.1) is 34.0 Å². The second-order valence-electron chi connectivity index (χ2n) is 7.73. The van der Waals surface area contributed by atoms with Crippen molar-refractivity contribution in [1.29, 1.82) is 0 Å². The minimum Gasteiger partial charge on any atom is -0.365 e. The number of aryl methyl sites for hydroxylation is 3. The second kappa shape index (κ2) is 9.08. The number of nitrogens with zero attached hydrogens (tertiary/aromatic N) is 3. The van der Waals surface area contributed by atoms with Crippen molar-refractivity contribution in [1.82, 2.24) is 14.9 Å². The van der Waals surface area contributed by atoms with Crippen molar-refractivity contribution in [3.05, 3.63) is 48.2 Å². The standard InChI is InChI=1S/C21H23N5O3S3/c1-10-8-30-20(15(10)17(22)27)25-18(28)14-9-31-19(24-14)13-4-6-26(7-5-13)21(29)16-11(2)23-12(3)32-16/h8-9,13H,4-7H2,1-3H3,(H2,22,27)(H,25,28). The molecule has 1 fully saturated rings. The third-order valence-electron chi connectivity index (χ3n) is 5.43. The number of hydrogen-bond acceptors (Lipinski definition) is 8. The van der Waals surface area contributed by atoms with Crippen LogP contribution in [0.2, 0.25) is 0 Å². The number of hydrogen-bond donors (Lipinski definition) is 2. The maximum atomic E-state index is 12.8. The number of carbonyl (C=O) groups is 3. The summed E-state index contributed by atoms with van der Waals surface area (Å²) in [6.07, 6.45) is 1.60. The van der Waals surface area contributed by atoms with Crippen molar-refractivity contribution in [2.24, 2.45) is 5.73 Å². The maximum Gasteiger partial charge on any atom is 0.275 e. The van der Waals surface area contributed by atoms with E-state index in [4.69, 9.17) is 5.73 Å². The number of nitrogens with two attached hydrogens (primary N) is 1. The highest BCUT2D eigenvalue weighted by molar-refractivity contribution is 7.15. The van der Waals surface area contributed by atoms with Crippen LogP contribution in [0.1, 0.15) is 70.6 Å². The van der Waals surface area contributed by atoms with Crippen molar-refractivity contribution < 1.29 is 14.4 Å². The molecule has 1 aliphatic heterocycles. The number of aromatic nitrogens is 2. The molecule has 0 spiro atoms. The average molecular weight is 490 g/mol. The SMILES string of the molecule is Cc1nc(C)c(C(=O)N2CCC(c3nc(C(=O)Nc4scc(C)c4C(N)=O)cs3)CC2)s1. The van der Waals surface area contributed by atoms with Crippen LogP contribution in [0, 0.1) is 20.8 Å². The van der Waals surface area contributed by atoms with Gasteiger partial charge < -0.3 is 16.0 Å². The first kappa shape index (κ1) is 22.6. The molecule has 0 unspecified atom stereocenters. The van der Waals surface area contributed by atoms with E-state index in [0.717, 1.165) is 34.1 Å². The van der Waals surface area contributed by atoms with Gasteiger partial charge in [0.05, 0.1) is 21.3 Å². The fourth-order valence-corrected chi connectivity index (χ4v) is 6.59. The number of thiazole rings is 2. The van der Waals surface area contributed by atoms with Gasteiger partial charge in [-0.1, -0.05) is 0 Å². The Morgan fingerprint density at radius 1 is 1.09 bits per heavy atom. The summed E-state index contributed by atoms with van der Waals surface area (Å²) in [4.78, 5) is 48.6. The van der Waals surface area contributed by atoms with E-state index in [-0.39, 0.29) is 17.7 Å². The van der Waals surface area contributed by atoms with Crippen molar-refractivity contribution in [2.45, 2.75) is 39.5 Å². The Hall–Kier alpha value is -2.63. The van der Waals surface area contributed by atoms with E-state index in [1.807, 2.05) is 18.7 Å². The summed E-state index contributed by atoms with van der Waals surface area (Å²) in [6, 6.07) is 0. The van der Waals surface area contributed by atoms with E-state index in [1.165, 1.54) is 34.0 Å². The van der Waals surface area contributed by atoms with Gasteiger partial charge in [-0.3, -0.25) is 14.4 Å². The predicted molar refractivity (Wildman–Crippen MR) is 127 cm³/mol. The Kier molecular flexibility index (Phi) is 6.40. The molecule has 0 aliphatic carbocycles. The number of likely N-dealkylation sites (tertiary alicyclic amines) is 1. The molecule has 3 aromatic rings. The van der Waals surface area contributed by atoms with E-state index in [9.17, 15) is 14.4 Å². The van der Waals surface area contributed by atoms with Crippen molar-refractivity contribution in [2.75, 3.05) is 18.4 Å². The molecular formula is C21H23N5O3S3. The quantitative estimate of drug-likeness (QED) is 0.562. The van der Waals surface area contributed by atoms with Crippen molar-refractivity contribution in [3.63, 3.8) is 0 Å². The Labute approximate surface area is 197 Å². The monoisotopic (exact) mass is 489 g/mol. The van der Waals surface area contributed by atoms with Crippen LogP contribution in [0.15, 0.2) is 10.8 Å². The lowest BCUT2D eigenvalue weighted by atomic mass is 9.97. The highest BCUT2D eigenvalue weighted by atomic mass is 32.1. The second-order valence-corrected chi connectivity index (χ2v) is 10.7. The predicted octanol–water partition coefficient (Wildman–Crippen LogP) is 3.96. The number of piperidine rings is 1. The largest absolute Gasteiger partial charge is 0.365 e. The highest BCUT2D eigenvalue weighted by Crippen LogP contribution is 2.32. The maximum absolute atomic E-state index is 12.8. The molecule has 32 heavy (non-hydrogen) atoms. The molecular weight excluding hydrogens is 466 g/mol. The summed E-state index contributed by atoms with van der Waals surface area (Å²) in [5, 5.41) is 8.51. The molecule has 8 nitrogen and oxygen atoms in total. The average Bonchev–Trinajstić information content (AvgIpc) is 3.46. The van der Waals surface area contributed by atoms with Crippen LogP contribution < -0.4 is 11.1 Å². The Bertz CT molecular complexity index is 1190. The van der Waals surface area contributed by atoms with E-state index in [0.29, 0.717) is 34.2 Å². The lowest BCUT2D eigenvalue weighted by Gasteiger charge is -2.30. The fraction of sp³-hybridized carbons (Fsp3) is 0.381. The molecule has 4 rings (SSSR count). The molecule has 168 valence electrons. The number of nitrogens with one attached hydrogen (secondary N) is 1. The zero-order valence-corrected chi connectivity index (χ0v) is 20.4. The van der Waals surface area contributed by atoms with Gasteiger partial charge in [-0.05, 0) is 44.6 Å². The van der Waals surface area contributed by atoms with Gasteiger partial charge in [0.15, 0.2) is 0 Å². The Morgan fingerprint density at radius 2 is 1.81 bits per heavy atom.